The molecule has 1 aliphatic heterocycles. The van der Waals surface area contributed by atoms with Crippen molar-refractivity contribution in [3.05, 3.63) is 34.3 Å². The lowest BCUT2D eigenvalue weighted by Crippen LogP contribution is -2.37. The molecule has 2 fully saturated rings. The number of benzene rings is 1. The molecule has 0 radical (unpaired) electrons. The Kier molecular flexibility index (Phi) is 4.13. The van der Waals surface area contributed by atoms with Crippen LogP contribution in [0.25, 0.3) is 0 Å². The molecule has 1 aliphatic carbocycles. The summed E-state index contributed by atoms with van der Waals surface area (Å²) in [4.78, 5) is 12.5. The molecule has 0 bridgehead atoms. The summed E-state index contributed by atoms with van der Waals surface area (Å²) in [7, 11) is 0. The quantitative estimate of drug-likeness (QED) is 0.920. The Balaban J connectivity index is 1.65. The second kappa shape index (κ2) is 5.87. The zero-order chi connectivity index (χ0) is 14.1. The van der Waals surface area contributed by atoms with Gasteiger partial charge in [0, 0.05) is 17.5 Å². The molecule has 1 aromatic carbocycles. The van der Waals surface area contributed by atoms with Gasteiger partial charge in [-0.25, -0.2) is 0 Å². The number of rotatable bonds is 3. The van der Waals surface area contributed by atoms with Gasteiger partial charge in [-0.05, 0) is 49.3 Å². The van der Waals surface area contributed by atoms with Gasteiger partial charge in [-0.15, -0.1) is 0 Å². The van der Waals surface area contributed by atoms with Crippen molar-refractivity contribution in [3.8, 4) is 0 Å². The van der Waals surface area contributed by atoms with Crippen LogP contribution in [-0.2, 0) is 11.2 Å². The zero-order valence-electron chi connectivity index (χ0n) is 12.0. The molecule has 1 saturated carbocycles. The minimum absolute atomic E-state index is 0.0421. The predicted octanol–water partition coefficient (Wildman–Crippen LogP) is 3.68. The summed E-state index contributed by atoms with van der Waals surface area (Å²) in [5, 5.41) is 4.27. The number of ketones is 1. The van der Waals surface area contributed by atoms with Crippen LogP contribution in [-0.4, -0.2) is 17.9 Å². The highest BCUT2D eigenvalue weighted by molar-refractivity contribution is 6.31. The van der Waals surface area contributed by atoms with E-state index >= 15 is 0 Å². The monoisotopic (exact) mass is 291 g/mol. The Bertz CT molecular complexity index is 500. The average Bonchev–Trinajstić information content (AvgIpc) is 2.86. The van der Waals surface area contributed by atoms with E-state index in [4.69, 9.17) is 11.6 Å². The molecule has 3 heteroatoms. The first-order chi connectivity index (χ1) is 9.63. The molecule has 20 heavy (non-hydrogen) atoms. The Morgan fingerprint density at radius 2 is 2.15 bits per heavy atom. The number of Topliss-reactive ketones (excluding diaryl/α,β-unsaturated/α-hetero) is 1. The van der Waals surface area contributed by atoms with Crippen molar-refractivity contribution in [2.45, 2.75) is 57.5 Å². The lowest BCUT2D eigenvalue weighted by atomic mass is 9.84. The molecule has 0 spiro atoms. The van der Waals surface area contributed by atoms with Gasteiger partial charge in [-0.1, -0.05) is 36.6 Å². The molecule has 3 atom stereocenters. The summed E-state index contributed by atoms with van der Waals surface area (Å²) in [5.74, 6) is 1.01. The molecule has 3 unspecified atom stereocenters. The maximum Gasteiger partial charge on any atom is 0.154 e. The third-order valence-corrected chi connectivity index (χ3v) is 5.18. The molecule has 0 aromatic heterocycles. The first-order valence-corrected chi connectivity index (χ1v) is 8.05. The van der Waals surface area contributed by atoms with Gasteiger partial charge < -0.3 is 5.32 Å². The Morgan fingerprint density at radius 1 is 1.35 bits per heavy atom. The van der Waals surface area contributed by atoms with Crippen molar-refractivity contribution in [2.75, 3.05) is 0 Å². The largest absolute Gasteiger partial charge is 0.304 e. The number of nitrogens with one attached hydrogen (secondary N) is 1. The van der Waals surface area contributed by atoms with Crippen molar-refractivity contribution < 1.29 is 4.79 Å². The van der Waals surface area contributed by atoms with Gasteiger partial charge in [0.25, 0.3) is 0 Å². The molecular formula is C17H22ClNO. The van der Waals surface area contributed by atoms with Gasteiger partial charge in [0.15, 0.2) is 5.78 Å². The maximum atomic E-state index is 12.5. The highest BCUT2D eigenvalue weighted by atomic mass is 35.5. The summed E-state index contributed by atoms with van der Waals surface area (Å²) in [5.41, 5.74) is 2.09. The highest BCUT2D eigenvalue weighted by Gasteiger charge is 2.37. The van der Waals surface area contributed by atoms with Crippen molar-refractivity contribution in [3.63, 3.8) is 0 Å². The Hall–Kier alpha value is -0.860. The van der Waals surface area contributed by atoms with Crippen LogP contribution < -0.4 is 5.32 Å². The summed E-state index contributed by atoms with van der Waals surface area (Å²) in [6, 6.07) is 6.56. The van der Waals surface area contributed by atoms with E-state index in [1.54, 1.807) is 0 Å². The molecule has 1 aromatic rings. The maximum absolute atomic E-state index is 12.5. The fraction of sp³-hybridized carbons (Fsp3) is 0.588. The number of fused-ring (bicyclic) bond motifs is 1. The van der Waals surface area contributed by atoms with Gasteiger partial charge in [-0.3, -0.25) is 4.79 Å². The van der Waals surface area contributed by atoms with Crippen LogP contribution in [0.4, 0.5) is 0 Å². The van der Waals surface area contributed by atoms with Crippen LogP contribution in [0.2, 0.25) is 5.02 Å². The molecule has 1 heterocycles. The number of carbonyl (C=O) groups is 1. The Labute approximate surface area is 125 Å². The predicted molar refractivity (Wildman–Crippen MR) is 82.2 cm³/mol. The van der Waals surface area contributed by atoms with Crippen molar-refractivity contribution in [1.82, 2.24) is 5.32 Å². The second-order valence-corrected chi connectivity index (χ2v) is 6.75. The fourth-order valence-corrected chi connectivity index (χ4v) is 3.97. The first kappa shape index (κ1) is 14.1. The fourth-order valence-electron chi connectivity index (χ4n) is 3.67. The number of aryl methyl sites for hydroxylation is 1. The van der Waals surface area contributed by atoms with E-state index in [0.717, 1.165) is 17.5 Å². The smallest absolute Gasteiger partial charge is 0.154 e. The normalized spacial score (nSPS) is 29.2. The second-order valence-electron chi connectivity index (χ2n) is 6.34. The average molecular weight is 292 g/mol. The van der Waals surface area contributed by atoms with E-state index in [9.17, 15) is 4.79 Å². The van der Waals surface area contributed by atoms with Crippen molar-refractivity contribution >= 4 is 17.4 Å². The zero-order valence-corrected chi connectivity index (χ0v) is 12.7. The van der Waals surface area contributed by atoms with Crippen molar-refractivity contribution in [2.24, 2.45) is 5.92 Å². The van der Waals surface area contributed by atoms with E-state index in [1.807, 2.05) is 25.1 Å². The van der Waals surface area contributed by atoms with E-state index in [-0.39, 0.29) is 6.04 Å². The lowest BCUT2D eigenvalue weighted by molar-refractivity contribution is -0.120. The molecule has 3 rings (SSSR count). The summed E-state index contributed by atoms with van der Waals surface area (Å²) in [6.07, 6.45) is 6.63. The van der Waals surface area contributed by atoms with Gasteiger partial charge in [0.2, 0.25) is 0 Å². The Morgan fingerprint density at radius 3 is 2.90 bits per heavy atom. The molecule has 2 nitrogen and oxygen atoms in total. The standard InChI is InChI=1S/C17H22ClNO/c1-11-6-7-12(14(18)8-11)10-17(20)16-9-13-4-2-3-5-15(13)19-16/h6-8,13,15-16,19H,2-5,9-10H2,1H3. The SMILES string of the molecule is Cc1ccc(CC(=O)C2CC3CCCCC3N2)c(Cl)c1. The van der Waals surface area contributed by atoms with Crippen LogP contribution in [0, 0.1) is 12.8 Å². The molecule has 2 aliphatic rings. The topological polar surface area (TPSA) is 29.1 Å². The van der Waals surface area contributed by atoms with Gasteiger partial charge in [0.05, 0.1) is 6.04 Å². The van der Waals surface area contributed by atoms with E-state index in [2.05, 4.69) is 5.32 Å². The molecule has 1 saturated heterocycles. The van der Waals surface area contributed by atoms with Crippen LogP contribution in [0.1, 0.15) is 43.2 Å². The van der Waals surface area contributed by atoms with Gasteiger partial charge in [-0.2, -0.15) is 0 Å². The van der Waals surface area contributed by atoms with Crippen LogP contribution in [0.15, 0.2) is 18.2 Å². The van der Waals surface area contributed by atoms with Crippen LogP contribution in [0.5, 0.6) is 0 Å². The van der Waals surface area contributed by atoms with E-state index in [0.29, 0.717) is 29.2 Å². The number of hydrogen-bond acceptors (Lipinski definition) is 2. The lowest BCUT2D eigenvalue weighted by Gasteiger charge is -2.24. The van der Waals surface area contributed by atoms with Gasteiger partial charge in [0.1, 0.15) is 0 Å². The number of carbonyl (C=O) groups excluding carboxylic acids is 1. The minimum atomic E-state index is 0.0421. The molecule has 0 amide bonds. The van der Waals surface area contributed by atoms with Crippen LogP contribution >= 0.6 is 11.6 Å². The third-order valence-electron chi connectivity index (χ3n) is 4.82. The molecule has 1 N–H and O–H groups in total. The third kappa shape index (κ3) is 2.91. The first-order valence-electron chi connectivity index (χ1n) is 7.67. The van der Waals surface area contributed by atoms with Crippen LogP contribution in [0.3, 0.4) is 0 Å². The highest BCUT2D eigenvalue weighted by Crippen LogP contribution is 2.33. The summed E-state index contributed by atoms with van der Waals surface area (Å²) in [6.45, 7) is 2.01. The van der Waals surface area contributed by atoms with E-state index in [1.165, 1.54) is 25.7 Å². The molecular weight excluding hydrogens is 270 g/mol. The van der Waals surface area contributed by atoms with Crippen molar-refractivity contribution in [1.29, 1.82) is 0 Å². The van der Waals surface area contributed by atoms with E-state index < -0.39 is 0 Å². The summed E-state index contributed by atoms with van der Waals surface area (Å²) >= 11 is 6.23. The number of halogens is 1. The number of hydrogen-bond donors (Lipinski definition) is 1. The van der Waals surface area contributed by atoms with Gasteiger partial charge >= 0.3 is 0 Å². The summed E-state index contributed by atoms with van der Waals surface area (Å²) < 4.78 is 0. The minimum Gasteiger partial charge on any atom is -0.304 e. The molecule has 108 valence electrons.